The van der Waals surface area contributed by atoms with Crippen LogP contribution >= 0.6 is 0 Å². The number of aromatic nitrogens is 2. The van der Waals surface area contributed by atoms with Gasteiger partial charge in [0.15, 0.2) is 5.84 Å². The van der Waals surface area contributed by atoms with Gasteiger partial charge in [0.25, 0.3) is 0 Å². The van der Waals surface area contributed by atoms with Gasteiger partial charge in [-0.3, -0.25) is 14.9 Å². The third kappa shape index (κ3) is 6.75. The maximum absolute atomic E-state index is 9.85. The van der Waals surface area contributed by atoms with E-state index in [1.807, 2.05) is 44.3 Å². The Bertz CT molecular complexity index is 1280. The molecule has 10 nitrogen and oxygen atoms in total. The Hall–Kier alpha value is -3.50. The molecule has 1 aromatic heterocycles. The van der Waals surface area contributed by atoms with Crippen molar-refractivity contribution in [2.45, 2.75) is 71.6 Å². The lowest BCUT2D eigenvalue weighted by molar-refractivity contribution is 0.0368. The Labute approximate surface area is 231 Å². The van der Waals surface area contributed by atoms with Gasteiger partial charge in [-0.05, 0) is 78.4 Å². The van der Waals surface area contributed by atoms with E-state index in [-0.39, 0.29) is 24.2 Å². The average molecular weight is 535 g/mol. The standard InChI is InChI=1S/C29H42N8O2/c1-19(2)32-27(33-20(3)31)25-17-36-13-14-39-26-15-21(8-9-23(26)28(36)35-25)24(10-11-30)34-22-7-6-12-37(16-22)29(4,5)18-38/h8-11,15,17,19,22,38H,6-7,12-14,16,18,30H2,1-5H3,(H2,31,32,33). The predicted molar refractivity (Wildman–Crippen MR) is 158 cm³/mol. The maximum Gasteiger partial charge on any atom is 0.177 e. The number of ether oxygens (including phenoxy) is 1. The zero-order valence-corrected chi connectivity index (χ0v) is 23.8. The molecule has 10 heteroatoms. The lowest BCUT2D eigenvalue weighted by Gasteiger charge is -2.41. The Morgan fingerprint density at radius 2 is 2.10 bits per heavy atom. The summed E-state index contributed by atoms with van der Waals surface area (Å²) < 4.78 is 8.24. The third-order valence-electron chi connectivity index (χ3n) is 6.99. The van der Waals surface area contributed by atoms with Crippen LogP contribution in [0, 0.1) is 0 Å². The molecule has 210 valence electrons. The first-order valence-electron chi connectivity index (χ1n) is 13.7. The number of hydrogen-bond donors (Lipinski definition) is 3. The summed E-state index contributed by atoms with van der Waals surface area (Å²) >= 11 is 0. The third-order valence-corrected chi connectivity index (χ3v) is 6.99. The molecular formula is C29H42N8O2. The second-order valence-corrected chi connectivity index (χ2v) is 11.1. The van der Waals surface area contributed by atoms with Crippen molar-refractivity contribution in [2.75, 3.05) is 26.3 Å². The van der Waals surface area contributed by atoms with Gasteiger partial charge in [-0.1, -0.05) is 6.07 Å². The summed E-state index contributed by atoms with van der Waals surface area (Å²) in [5.74, 6) is 2.51. The molecule has 1 aromatic carbocycles. The minimum absolute atomic E-state index is 0.0575. The van der Waals surface area contributed by atoms with Crippen LogP contribution in [0.15, 0.2) is 51.6 Å². The fourth-order valence-electron chi connectivity index (χ4n) is 4.92. The molecule has 0 radical (unpaired) electrons. The number of hydrogen-bond acceptors (Lipinski definition) is 7. The summed E-state index contributed by atoms with van der Waals surface area (Å²) in [6.45, 7) is 12.9. The molecule has 39 heavy (non-hydrogen) atoms. The fraction of sp³-hybridized carbons (Fsp3) is 0.517. The van der Waals surface area contributed by atoms with Gasteiger partial charge in [-0.25, -0.2) is 9.98 Å². The van der Waals surface area contributed by atoms with Gasteiger partial charge >= 0.3 is 0 Å². The van der Waals surface area contributed by atoms with E-state index >= 15 is 0 Å². The van der Waals surface area contributed by atoms with E-state index in [4.69, 9.17) is 26.2 Å². The second-order valence-electron chi connectivity index (χ2n) is 11.1. The number of aliphatic imine (C=N–C) groups is 3. The molecule has 2 aliphatic heterocycles. The molecule has 2 aromatic rings. The maximum atomic E-state index is 9.85. The first kappa shape index (κ1) is 28.5. The van der Waals surface area contributed by atoms with Crippen molar-refractivity contribution in [3.05, 3.63) is 47.9 Å². The zero-order valence-electron chi connectivity index (χ0n) is 23.8. The number of nitrogens with zero attached hydrogens (tertiary/aromatic N) is 6. The van der Waals surface area contributed by atoms with Crippen LogP contribution < -0.4 is 16.2 Å². The van der Waals surface area contributed by atoms with Crippen molar-refractivity contribution in [1.82, 2.24) is 14.5 Å². The molecule has 1 fully saturated rings. The van der Waals surface area contributed by atoms with Crippen LogP contribution in [-0.4, -0.2) is 80.9 Å². The SMILES string of the molecule is CC(N)=NC(=NC(C)C)c1cn2c(n1)-c1ccc(C(C=CN)=NC3CCCN(C(C)(C)CO)C3)cc1OCC2. The van der Waals surface area contributed by atoms with Gasteiger partial charge in [0, 0.05) is 29.9 Å². The monoisotopic (exact) mass is 534 g/mol. The molecule has 5 N–H and O–H groups in total. The number of rotatable bonds is 7. The van der Waals surface area contributed by atoms with E-state index in [1.54, 1.807) is 6.92 Å². The highest BCUT2D eigenvalue weighted by atomic mass is 16.5. The Morgan fingerprint density at radius 3 is 2.79 bits per heavy atom. The van der Waals surface area contributed by atoms with E-state index in [0.717, 1.165) is 54.3 Å². The van der Waals surface area contributed by atoms with Crippen molar-refractivity contribution in [3.8, 4) is 17.1 Å². The highest BCUT2D eigenvalue weighted by Crippen LogP contribution is 2.34. The first-order chi connectivity index (χ1) is 18.6. The van der Waals surface area contributed by atoms with E-state index in [2.05, 4.69) is 33.3 Å². The van der Waals surface area contributed by atoms with E-state index < -0.39 is 0 Å². The van der Waals surface area contributed by atoms with Gasteiger partial charge in [-0.15, -0.1) is 0 Å². The Morgan fingerprint density at radius 1 is 1.31 bits per heavy atom. The van der Waals surface area contributed by atoms with Crippen molar-refractivity contribution in [2.24, 2.45) is 26.4 Å². The highest BCUT2D eigenvalue weighted by molar-refractivity contribution is 6.09. The van der Waals surface area contributed by atoms with Crippen molar-refractivity contribution >= 4 is 17.4 Å². The highest BCUT2D eigenvalue weighted by Gasteiger charge is 2.31. The van der Waals surface area contributed by atoms with Gasteiger partial charge in [0.2, 0.25) is 0 Å². The lowest BCUT2D eigenvalue weighted by atomic mass is 9.97. The van der Waals surface area contributed by atoms with E-state index in [0.29, 0.717) is 30.5 Å². The fourth-order valence-corrected chi connectivity index (χ4v) is 4.92. The molecule has 1 saturated heterocycles. The molecular weight excluding hydrogens is 492 g/mol. The van der Waals surface area contributed by atoms with Crippen LogP contribution in [-0.2, 0) is 6.54 Å². The number of amidine groups is 2. The number of nitrogens with two attached hydrogens (primary N) is 2. The molecule has 0 spiro atoms. The van der Waals surface area contributed by atoms with Crippen LogP contribution in [0.2, 0.25) is 0 Å². The van der Waals surface area contributed by atoms with Crippen LogP contribution in [0.25, 0.3) is 11.4 Å². The molecule has 4 rings (SSSR count). The summed E-state index contributed by atoms with van der Waals surface area (Å²) in [7, 11) is 0. The number of fused-ring (bicyclic) bond motifs is 3. The minimum Gasteiger partial charge on any atom is -0.491 e. The van der Waals surface area contributed by atoms with Crippen LogP contribution in [0.4, 0.5) is 0 Å². The Kier molecular flexibility index (Phi) is 8.87. The topological polar surface area (TPSA) is 140 Å². The summed E-state index contributed by atoms with van der Waals surface area (Å²) in [6.07, 6.45) is 7.35. The lowest BCUT2D eigenvalue weighted by Crippen LogP contribution is -2.52. The first-order valence-corrected chi connectivity index (χ1v) is 13.7. The Balaban J connectivity index is 1.68. The number of allylic oxidation sites excluding steroid dienone is 1. The van der Waals surface area contributed by atoms with Crippen molar-refractivity contribution in [1.29, 1.82) is 0 Å². The van der Waals surface area contributed by atoms with Crippen molar-refractivity contribution in [3.63, 3.8) is 0 Å². The molecule has 0 aliphatic carbocycles. The van der Waals surface area contributed by atoms with Gasteiger partial charge in [-0.2, -0.15) is 0 Å². The average Bonchev–Trinajstić information content (AvgIpc) is 3.24. The van der Waals surface area contributed by atoms with Crippen LogP contribution in [0.1, 0.15) is 58.7 Å². The van der Waals surface area contributed by atoms with Gasteiger partial charge in [0.05, 0.1) is 36.3 Å². The number of likely N-dealkylation sites (tertiary alicyclic amines) is 1. The molecule has 0 bridgehead atoms. The van der Waals surface area contributed by atoms with E-state index in [1.165, 1.54) is 6.20 Å². The number of benzene rings is 1. The van der Waals surface area contributed by atoms with Crippen molar-refractivity contribution < 1.29 is 9.84 Å². The normalized spacial score (nSPS) is 19.7. The molecule has 3 heterocycles. The summed E-state index contributed by atoms with van der Waals surface area (Å²) in [4.78, 5) is 21.4. The molecule has 1 atom stereocenters. The molecule has 0 saturated carbocycles. The molecule has 2 aliphatic rings. The number of piperidine rings is 1. The van der Waals surface area contributed by atoms with Crippen LogP contribution in [0.3, 0.4) is 0 Å². The molecule has 0 amide bonds. The zero-order chi connectivity index (χ0) is 28.2. The summed E-state index contributed by atoms with van der Waals surface area (Å²) in [6, 6.07) is 6.25. The van der Waals surface area contributed by atoms with Gasteiger partial charge < -0.3 is 25.9 Å². The minimum atomic E-state index is -0.273. The smallest absolute Gasteiger partial charge is 0.177 e. The van der Waals surface area contributed by atoms with E-state index in [9.17, 15) is 5.11 Å². The predicted octanol–water partition coefficient (Wildman–Crippen LogP) is 2.97. The van der Waals surface area contributed by atoms with Gasteiger partial charge in [0.1, 0.15) is 23.9 Å². The summed E-state index contributed by atoms with van der Waals surface area (Å²) in [5, 5.41) is 9.85. The van der Waals surface area contributed by atoms with Crippen LogP contribution in [0.5, 0.6) is 5.75 Å². The number of imidazole rings is 1. The summed E-state index contributed by atoms with van der Waals surface area (Å²) in [5.41, 5.74) is 14.8. The quantitative estimate of drug-likeness (QED) is 0.369. The number of aliphatic hydroxyl groups is 1. The molecule has 1 unspecified atom stereocenters. The second kappa shape index (κ2) is 12.1. The number of aliphatic hydroxyl groups excluding tert-OH is 1. The largest absolute Gasteiger partial charge is 0.491 e.